The highest BCUT2D eigenvalue weighted by Gasteiger charge is 2.38. The van der Waals surface area contributed by atoms with Gasteiger partial charge in [-0.2, -0.15) is 0 Å². The molecule has 10 nitrogen and oxygen atoms in total. The molecule has 0 radical (unpaired) electrons. The Morgan fingerprint density at radius 1 is 1.13 bits per heavy atom. The zero-order valence-corrected chi connectivity index (χ0v) is 23.3. The van der Waals surface area contributed by atoms with Crippen LogP contribution in [0.5, 0.6) is 0 Å². The molecule has 3 N–H and O–H groups in total. The van der Waals surface area contributed by atoms with Gasteiger partial charge in [-0.3, -0.25) is 4.79 Å². The number of amides is 1. The number of aliphatic hydroxyl groups excluding tert-OH is 2. The molecular weight excluding hydrogens is 494 g/mol. The van der Waals surface area contributed by atoms with Gasteiger partial charge >= 0.3 is 0 Å². The molecule has 7 atom stereocenters. The van der Waals surface area contributed by atoms with E-state index < -0.39 is 49.6 Å². The first-order chi connectivity index (χ1) is 18.4. The molecule has 3 unspecified atom stereocenters. The summed E-state index contributed by atoms with van der Waals surface area (Å²) in [7, 11) is 0. The van der Waals surface area contributed by atoms with E-state index in [9.17, 15) is 15.0 Å². The normalized spacial score (nSPS) is 22.9. The van der Waals surface area contributed by atoms with Gasteiger partial charge in [-0.15, -0.1) is 0 Å². The third kappa shape index (κ3) is 11.6. The molecule has 2 rings (SSSR count). The summed E-state index contributed by atoms with van der Waals surface area (Å²) in [6.07, 6.45) is -0.893. The van der Waals surface area contributed by atoms with Crippen molar-refractivity contribution in [1.29, 1.82) is 0 Å². The lowest BCUT2D eigenvalue weighted by Crippen LogP contribution is -2.53. The number of unbranched alkanes of at least 4 members (excludes halogenated alkanes) is 2. The minimum Gasteiger partial charge on any atom is -0.394 e. The van der Waals surface area contributed by atoms with Crippen LogP contribution >= 0.6 is 0 Å². The highest BCUT2D eigenvalue weighted by Crippen LogP contribution is 2.29. The lowest BCUT2D eigenvalue weighted by molar-refractivity contribution is -0.313. The van der Waals surface area contributed by atoms with E-state index in [2.05, 4.69) is 19.2 Å². The van der Waals surface area contributed by atoms with Crippen molar-refractivity contribution in [2.24, 2.45) is 0 Å². The van der Waals surface area contributed by atoms with Crippen molar-refractivity contribution < 1.29 is 43.4 Å². The van der Waals surface area contributed by atoms with Gasteiger partial charge in [0.1, 0.15) is 24.4 Å². The first kappa shape index (κ1) is 32.6. The van der Waals surface area contributed by atoms with E-state index in [1.807, 2.05) is 30.3 Å². The highest BCUT2D eigenvalue weighted by molar-refractivity contribution is 5.73. The number of hydrogen-bond acceptors (Lipinski definition) is 9. The molecule has 1 amide bonds. The molecule has 0 aromatic heterocycles. The van der Waals surface area contributed by atoms with E-state index in [0.29, 0.717) is 19.8 Å². The largest absolute Gasteiger partial charge is 0.394 e. The van der Waals surface area contributed by atoms with Gasteiger partial charge in [0.15, 0.2) is 12.6 Å². The molecule has 1 saturated heterocycles. The number of rotatable bonds is 19. The Morgan fingerprint density at radius 2 is 1.82 bits per heavy atom. The molecule has 218 valence electrons. The van der Waals surface area contributed by atoms with Gasteiger partial charge in [0.05, 0.1) is 32.5 Å². The second kappa shape index (κ2) is 18.6. The Balaban J connectivity index is 2.17. The number of hydrogen-bond donors (Lipinski definition) is 3. The fraction of sp³-hybridized carbons (Fsp3) is 0.750. The van der Waals surface area contributed by atoms with Gasteiger partial charge in [-0.05, 0) is 19.8 Å². The SMILES string of the molecule is CCCCOC[C@H](O[C@H](OC1COC(c2ccccc2)O[C@H]1COCCCC)[C@H](C)NC(C)=O)C(O)CO. The number of aliphatic hydroxyl groups is 2. The summed E-state index contributed by atoms with van der Waals surface area (Å²) in [5.74, 6) is -0.257. The van der Waals surface area contributed by atoms with Crippen molar-refractivity contribution in [3.8, 4) is 0 Å². The summed E-state index contributed by atoms with van der Waals surface area (Å²) >= 11 is 0. The van der Waals surface area contributed by atoms with Crippen LogP contribution < -0.4 is 5.32 Å². The van der Waals surface area contributed by atoms with Crippen LogP contribution in [0.15, 0.2) is 30.3 Å². The number of carbonyl (C=O) groups excluding carboxylic acids is 1. The molecule has 38 heavy (non-hydrogen) atoms. The van der Waals surface area contributed by atoms with Gasteiger partial charge < -0.3 is 44.0 Å². The zero-order valence-electron chi connectivity index (χ0n) is 23.3. The second-order valence-electron chi connectivity index (χ2n) is 9.56. The fourth-order valence-corrected chi connectivity index (χ4v) is 3.89. The molecule has 0 aliphatic carbocycles. The number of benzene rings is 1. The second-order valence-corrected chi connectivity index (χ2v) is 9.56. The van der Waals surface area contributed by atoms with Crippen LogP contribution in [-0.4, -0.2) is 92.5 Å². The lowest BCUT2D eigenvalue weighted by atomic mass is 10.1. The molecule has 1 heterocycles. The predicted molar refractivity (Wildman–Crippen MR) is 141 cm³/mol. The topological polar surface area (TPSA) is 125 Å². The van der Waals surface area contributed by atoms with Gasteiger partial charge in [-0.1, -0.05) is 57.0 Å². The summed E-state index contributed by atoms with van der Waals surface area (Å²) in [6.45, 7) is 8.45. The minimum absolute atomic E-state index is 0.0612. The van der Waals surface area contributed by atoms with Gasteiger partial charge in [0, 0.05) is 25.7 Å². The maximum atomic E-state index is 11.8. The Bertz CT molecular complexity index is 753. The first-order valence-corrected chi connectivity index (χ1v) is 13.7. The Morgan fingerprint density at radius 3 is 2.45 bits per heavy atom. The molecule has 0 spiro atoms. The van der Waals surface area contributed by atoms with E-state index in [0.717, 1.165) is 31.2 Å². The summed E-state index contributed by atoms with van der Waals surface area (Å²) in [5.41, 5.74) is 0.888. The molecule has 1 aromatic carbocycles. The van der Waals surface area contributed by atoms with Crippen LogP contribution in [0.4, 0.5) is 0 Å². The van der Waals surface area contributed by atoms with Crippen LogP contribution in [0.3, 0.4) is 0 Å². The van der Waals surface area contributed by atoms with Crippen molar-refractivity contribution in [2.75, 3.05) is 39.6 Å². The molecule has 0 bridgehead atoms. The molecule has 1 aromatic rings. The maximum absolute atomic E-state index is 11.8. The molecular formula is C28H47NO9. The number of ether oxygens (including phenoxy) is 6. The van der Waals surface area contributed by atoms with Crippen molar-refractivity contribution in [1.82, 2.24) is 5.32 Å². The van der Waals surface area contributed by atoms with Gasteiger partial charge in [0.25, 0.3) is 0 Å². The molecule has 1 fully saturated rings. The summed E-state index contributed by atoms with van der Waals surface area (Å²) in [5, 5.41) is 22.8. The van der Waals surface area contributed by atoms with E-state index in [1.165, 1.54) is 6.92 Å². The van der Waals surface area contributed by atoms with E-state index in [4.69, 9.17) is 28.4 Å². The van der Waals surface area contributed by atoms with Crippen LogP contribution in [-0.2, 0) is 33.2 Å². The molecule has 1 aliphatic heterocycles. The van der Waals surface area contributed by atoms with Crippen LogP contribution in [0, 0.1) is 0 Å². The summed E-state index contributed by atoms with van der Waals surface area (Å²) in [6, 6.07) is 9.07. The van der Waals surface area contributed by atoms with Crippen LogP contribution in [0.2, 0.25) is 0 Å². The minimum atomic E-state index is -1.19. The van der Waals surface area contributed by atoms with Crippen LogP contribution in [0.25, 0.3) is 0 Å². The monoisotopic (exact) mass is 541 g/mol. The van der Waals surface area contributed by atoms with Gasteiger partial charge in [-0.25, -0.2) is 0 Å². The third-order valence-electron chi connectivity index (χ3n) is 6.12. The van der Waals surface area contributed by atoms with Crippen molar-refractivity contribution in [3.05, 3.63) is 35.9 Å². The molecule has 0 saturated carbocycles. The van der Waals surface area contributed by atoms with Crippen molar-refractivity contribution in [2.45, 2.75) is 96.4 Å². The lowest BCUT2D eigenvalue weighted by Gasteiger charge is -2.40. The Labute approximate surface area is 226 Å². The summed E-state index contributed by atoms with van der Waals surface area (Å²) < 4.78 is 36.3. The van der Waals surface area contributed by atoms with Crippen LogP contribution in [0.1, 0.15) is 65.2 Å². The molecule has 1 aliphatic rings. The highest BCUT2D eigenvalue weighted by atomic mass is 16.7. The number of nitrogens with one attached hydrogen (secondary N) is 1. The quantitative estimate of drug-likeness (QED) is 0.179. The van der Waals surface area contributed by atoms with E-state index in [1.54, 1.807) is 6.92 Å². The third-order valence-corrected chi connectivity index (χ3v) is 6.12. The van der Waals surface area contributed by atoms with Gasteiger partial charge in [0.2, 0.25) is 5.91 Å². The smallest absolute Gasteiger partial charge is 0.217 e. The van der Waals surface area contributed by atoms with E-state index >= 15 is 0 Å². The maximum Gasteiger partial charge on any atom is 0.217 e. The standard InChI is InChI=1S/C28H47NO9/c1-5-7-14-33-17-24(23(32)16-30)36-27(20(3)29-21(4)31)37-26-19-35-28(22-12-10-9-11-13-22)38-25(26)18-34-15-8-6-2/h9-13,20,23-28,30,32H,5-8,14-19H2,1-4H3,(H,29,31)/t20-,23?,24-,25-,26?,27+,28?/m0/s1. The number of carbonyl (C=O) groups is 1. The fourth-order valence-electron chi connectivity index (χ4n) is 3.89. The summed E-state index contributed by atoms with van der Waals surface area (Å²) in [4.78, 5) is 11.8. The Hall–Kier alpha value is -1.63. The first-order valence-electron chi connectivity index (χ1n) is 13.7. The average molecular weight is 542 g/mol. The Kier molecular flexibility index (Phi) is 16.0. The average Bonchev–Trinajstić information content (AvgIpc) is 2.92. The van der Waals surface area contributed by atoms with Crippen molar-refractivity contribution >= 4 is 5.91 Å². The van der Waals surface area contributed by atoms with E-state index in [-0.39, 0.29) is 19.1 Å². The molecule has 10 heteroatoms. The van der Waals surface area contributed by atoms with Crippen molar-refractivity contribution in [3.63, 3.8) is 0 Å². The zero-order chi connectivity index (χ0) is 27.8. The predicted octanol–water partition coefficient (Wildman–Crippen LogP) is 2.71.